The van der Waals surface area contributed by atoms with E-state index in [0.717, 1.165) is 5.56 Å². The summed E-state index contributed by atoms with van der Waals surface area (Å²) in [6, 6.07) is 5.02. The molecule has 25 heavy (non-hydrogen) atoms. The predicted molar refractivity (Wildman–Crippen MR) is 90.1 cm³/mol. The Labute approximate surface area is 146 Å². The van der Waals surface area contributed by atoms with E-state index in [9.17, 15) is 18.8 Å². The number of nitrogens with zero attached hydrogens (tertiary/aromatic N) is 1. The highest BCUT2D eigenvalue weighted by Gasteiger charge is 2.17. The topological polar surface area (TPSA) is 87.7 Å². The van der Waals surface area contributed by atoms with Crippen molar-refractivity contribution in [2.45, 2.75) is 33.4 Å². The van der Waals surface area contributed by atoms with Crippen molar-refractivity contribution in [2.24, 2.45) is 0 Å². The van der Waals surface area contributed by atoms with Gasteiger partial charge in [0.05, 0.1) is 19.7 Å². The zero-order valence-electron chi connectivity index (χ0n) is 14.7. The van der Waals surface area contributed by atoms with Crippen LogP contribution in [0.1, 0.15) is 26.3 Å². The molecule has 0 heterocycles. The fraction of sp³-hybridized carbons (Fsp3) is 0.471. The normalized spacial score (nSPS) is 10.6. The van der Waals surface area contributed by atoms with Gasteiger partial charge in [-0.2, -0.15) is 0 Å². The molecule has 3 amide bonds. The number of benzene rings is 1. The van der Waals surface area contributed by atoms with E-state index in [4.69, 9.17) is 4.74 Å². The van der Waals surface area contributed by atoms with Crippen LogP contribution >= 0.6 is 0 Å². The minimum Gasteiger partial charge on any atom is -0.465 e. The molecule has 7 nitrogen and oxygen atoms in total. The first-order valence-corrected chi connectivity index (χ1v) is 8.03. The quantitative estimate of drug-likeness (QED) is 0.690. The van der Waals surface area contributed by atoms with Gasteiger partial charge in [-0.3, -0.25) is 19.8 Å². The SMILES string of the molecule is CCOC(=O)CN(CC(=O)NC(=O)NC(C)C)Cc1ccc(F)cc1. The summed E-state index contributed by atoms with van der Waals surface area (Å²) >= 11 is 0. The third-order valence-corrected chi connectivity index (χ3v) is 3.02. The van der Waals surface area contributed by atoms with Gasteiger partial charge in [0.2, 0.25) is 5.91 Å². The Morgan fingerprint density at radius 3 is 2.36 bits per heavy atom. The Bertz CT molecular complexity index is 590. The van der Waals surface area contributed by atoms with Crippen molar-refractivity contribution < 1.29 is 23.5 Å². The second kappa shape index (κ2) is 10.4. The maximum atomic E-state index is 13.0. The second-order valence-electron chi connectivity index (χ2n) is 5.75. The van der Waals surface area contributed by atoms with Crippen LogP contribution in [0.2, 0.25) is 0 Å². The molecule has 0 fully saturated rings. The van der Waals surface area contributed by atoms with E-state index < -0.39 is 17.9 Å². The molecule has 0 saturated carbocycles. The molecule has 0 aliphatic carbocycles. The van der Waals surface area contributed by atoms with Gasteiger partial charge in [-0.05, 0) is 38.5 Å². The number of rotatable bonds is 8. The molecule has 0 bridgehead atoms. The number of urea groups is 1. The van der Waals surface area contributed by atoms with Crippen LogP contribution in [0.15, 0.2) is 24.3 Å². The number of amides is 3. The van der Waals surface area contributed by atoms with Crippen molar-refractivity contribution in [3.8, 4) is 0 Å². The van der Waals surface area contributed by atoms with Gasteiger partial charge < -0.3 is 10.1 Å². The number of carbonyl (C=O) groups is 3. The van der Waals surface area contributed by atoms with Crippen LogP contribution in [0.5, 0.6) is 0 Å². The van der Waals surface area contributed by atoms with Crippen molar-refractivity contribution in [3.05, 3.63) is 35.6 Å². The summed E-state index contributed by atoms with van der Waals surface area (Å²) in [4.78, 5) is 36.8. The molecule has 138 valence electrons. The van der Waals surface area contributed by atoms with E-state index in [2.05, 4.69) is 10.6 Å². The van der Waals surface area contributed by atoms with Gasteiger partial charge in [0, 0.05) is 12.6 Å². The van der Waals surface area contributed by atoms with Crippen LogP contribution in [-0.2, 0) is 20.9 Å². The lowest BCUT2D eigenvalue weighted by atomic mass is 10.2. The number of carbonyl (C=O) groups excluding carboxylic acids is 3. The van der Waals surface area contributed by atoms with Gasteiger partial charge >= 0.3 is 12.0 Å². The zero-order chi connectivity index (χ0) is 18.8. The first-order chi connectivity index (χ1) is 11.8. The molecule has 0 aliphatic heterocycles. The molecule has 0 unspecified atom stereocenters. The van der Waals surface area contributed by atoms with E-state index in [1.165, 1.54) is 17.0 Å². The average molecular weight is 353 g/mol. The summed E-state index contributed by atoms with van der Waals surface area (Å²) in [5.74, 6) is -1.41. The van der Waals surface area contributed by atoms with Gasteiger partial charge in [0.25, 0.3) is 0 Å². The van der Waals surface area contributed by atoms with Crippen LogP contribution in [0.25, 0.3) is 0 Å². The Kier molecular flexibility index (Phi) is 8.55. The van der Waals surface area contributed by atoms with E-state index in [1.54, 1.807) is 32.9 Å². The number of nitrogens with one attached hydrogen (secondary N) is 2. The molecular formula is C17H24FN3O4. The Hall–Kier alpha value is -2.48. The second-order valence-corrected chi connectivity index (χ2v) is 5.75. The van der Waals surface area contributed by atoms with Gasteiger partial charge in [-0.25, -0.2) is 9.18 Å². The van der Waals surface area contributed by atoms with Gasteiger partial charge in [-0.15, -0.1) is 0 Å². The Balaban J connectivity index is 2.69. The largest absolute Gasteiger partial charge is 0.465 e. The third kappa shape index (κ3) is 8.80. The number of ether oxygens (including phenoxy) is 1. The summed E-state index contributed by atoms with van der Waals surface area (Å²) in [6.45, 7) is 5.39. The molecule has 1 aromatic rings. The van der Waals surface area contributed by atoms with Crippen LogP contribution in [0.3, 0.4) is 0 Å². The fourth-order valence-corrected chi connectivity index (χ4v) is 2.07. The molecule has 0 aromatic heterocycles. The molecule has 2 N–H and O–H groups in total. The van der Waals surface area contributed by atoms with E-state index in [1.807, 2.05) is 0 Å². The summed E-state index contributed by atoms with van der Waals surface area (Å²) in [5, 5.41) is 4.74. The highest BCUT2D eigenvalue weighted by atomic mass is 19.1. The van der Waals surface area contributed by atoms with Gasteiger partial charge in [0.1, 0.15) is 5.82 Å². The zero-order valence-corrected chi connectivity index (χ0v) is 14.7. The highest BCUT2D eigenvalue weighted by Crippen LogP contribution is 2.07. The highest BCUT2D eigenvalue weighted by molar-refractivity contribution is 5.95. The first-order valence-electron chi connectivity index (χ1n) is 8.03. The van der Waals surface area contributed by atoms with Crippen molar-refractivity contribution in [2.75, 3.05) is 19.7 Å². The number of imide groups is 1. The van der Waals surface area contributed by atoms with Crippen LogP contribution in [0.4, 0.5) is 9.18 Å². The van der Waals surface area contributed by atoms with Crippen LogP contribution < -0.4 is 10.6 Å². The summed E-state index contributed by atoms with van der Waals surface area (Å²) < 4.78 is 17.9. The van der Waals surface area contributed by atoms with E-state index in [0.29, 0.717) is 0 Å². The predicted octanol–water partition coefficient (Wildman–Crippen LogP) is 1.43. The summed E-state index contributed by atoms with van der Waals surface area (Å²) in [7, 11) is 0. The van der Waals surface area contributed by atoms with Gasteiger partial charge in [0.15, 0.2) is 0 Å². The number of hydrogen-bond acceptors (Lipinski definition) is 5. The molecular weight excluding hydrogens is 329 g/mol. The lowest BCUT2D eigenvalue weighted by Crippen LogP contribution is -2.47. The molecule has 0 saturated heterocycles. The van der Waals surface area contributed by atoms with Crippen LogP contribution in [0, 0.1) is 5.82 Å². The van der Waals surface area contributed by atoms with E-state index in [-0.39, 0.29) is 38.1 Å². The molecule has 0 aliphatic rings. The average Bonchev–Trinajstić information content (AvgIpc) is 2.48. The molecule has 1 aromatic carbocycles. The molecule has 0 radical (unpaired) electrons. The number of esters is 1. The fourth-order valence-electron chi connectivity index (χ4n) is 2.07. The standard InChI is InChI=1S/C17H24FN3O4/c1-4-25-16(23)11-21(9-13-5-7-14(18)8-6-13)10-15(22)20-17(24)19-12(2)3/h5-8,12H,4,9-11H2,1-3H3,(H2,19,20,22,24). The minimum absolute atomic E-state index is 0.109. The molecule has 1 rings (SSSR count). The third-order valence-electron chi connectivity index (χ3n) is 3.02. The van der Waals surface area contributed by atoms with Crippen molar-refractivity contribution in [1.29, 1.82) is 0 Å². The Morgan fingerprint density at radius 2 is 1.80 bits per heavy atom. The maximum Gasteiger partial charge on any atom is 0.321 e. The summed E-state index contributed by atoms with van der Waals surface area (Å²) in [5.41, 5.74) is 0.727. The molecule has 0 atom stereocenters. The number of hydrogen-bond donors (Lipinski definition) is 2. The van der Waals surface area contributed by atoms with Gasteiger partial charge in [-0.1, -0.05) is 12.1 Å². The lowest BCUT2D eigenvalue weighted by molar-refractivity contribution is -0.144. The molecule has 8 heteroatoms. The monoisotopic (exact) mass is 353 g/mol. The number of halogens is 1. The summed E-state index contributed by atoms with van der Waals surface area (Å²) in [6.07, 6.45) is 0. The maximum absolute atomic E-state index is 13.0. The first kappa shape index (κ1) is 20.6. The van der Waals surface area contributed by atoms with Crippen LogP contribution in [-0.4, -0.2) is 48.5 Å². The minimum atomic E-state index is -0.599. The molecule has 0 spiro atoms. The van der Waals surface area contributed by atoms with Crippen molar-refractivity contribution in [3.63, 3.8) is 0 Å². The van der Waals surface area contributed by atoms with E-state index >= 15 is 0 Å². The van der Waals surface area contributed by atoms with Crippen molar-refractivity contribution in [1.82, 2.24) is 15.5 Å². The van der Waals surface area contributed by atoms with Crippen molar-refractivity contribution >= 4 is 17.9 Å². The smallest absolute Gasteiger partial charge is 0.321 e. The Morgan fingerprint density at radius 1 is 1.16 bits per heavy atom. The lowest BCUT2D eigenvalue weighted by Gasteiger charge is -2.21.